The molecule has 0 aromatic heterocycles. The first-order valence-corrected chi connectivity index (χ1v) is 9.58. The van der Waals surface area contributed by atoms with E-state index >= 15 is 0 Å². The molecule has 0 unspecified atom stereocenters. The average molecular weight is 380 g/mol. The van der Waals surface area contributed by atoms with Gasteiger partial charge >= 0.3 is 6.09 Å². The summed E-state index contributed by atoms with van der Waals surface area (Å²) in [6.45, 7) is 3.17. The molecule has 0 spiro atoms. The fraction of sp³-hybridized carbons (Fsp3) is 0.364. The van der Waals surface area contributed by atoms with Crippen LogP contribution in [0.3, 0.4) is 0 Å². The maximum absolute atomic E-state index is 12.4. The van der Waals surface area contributed by atoms with Crippen LogP contribution in [-0.4, -0.2) is 61.1 Å². The van der Waals surface area contributed by atoms with E-state index < -0.39 is 6.09 Å². The van der Waals surface area contributed by atoms with Crippen molar-refractivity contribution in [2.75, 3.05) is 38.5 Å². The number of piperidine rings is 1. The summed E-state index contributed by atoms with van der Waals surface area (Å²) in [6, 6.07) is 19.3. The van der Waals surface area contributed by atoms with Crippen molar-refractivity contribution in [3.63, 3.8) is 0 Å². The molecule has 28 heavy (non-hydrogen) atoms. The molecule has 0 bridgehead atoms. The van der Waals surface area contributed by atoms with E-state index in [2.05, 4.69) is 16.3 Å². The Kier molecular flexibility index (Phi) is 7.03. The van der Waals surface area contributed by atoms with E-state index in [1.807, 2.05) is 43.4 Å². The number of carbonyl (C=O) groups is 2. The van der Waals surface area contributed by atoms with Crippen molar-refractivity contribution in [2.24, 2.45) is 0 Å². The van der Waals surface area contributed by atoms with Gasteiger partial charge in [0, 0.05) is 44.5 Å². The van der Waals surface area contributed by atoms with E-state index in [1.54, 1.807) is 23.1 Å². The zero-order valence-electron chi connectivity index (χ0n) is 16.1. The van der Waals surface area contributed by atoms with Crippen molar-refractivity contribution in [2.45, 2.75) is 18.9 Å². The first-order chi connectivity index (χ1) is 13.6. The highest BCUT2D eigenvalue weighted by Gasteiger charge is 2.23. The average Bonchev–Trinajstić information content (AvgIpc) is 2.73. The first kappa shape index (κ1) is 19.9. The van der Waals surface area contributed by atoms with Gasteiger partial charge in [-0.3, -0.25) is 10.1 Å². The van der Waals surface area contributed by atoms with Crippen molar-refractivity contribution in [3.8, 4) is 0 Å². The third kappa shape index (κ3) is 5.82. The van der Waals surface area contributed by atoms with Crippen LogP contribution in [0.25, 0.3) is 0 Å². The molecule has 2 aromatic carbocycles. The van der Waals surface area contributed by atoms with Crippen molar-refractivity contribution in [3.05, 3.63) is 66.2 Å². The number of likely N-dealkylation sites (tertiary alicyclic amines) is 1. The van der Waals surface area contributed by atoms with Crippen LogP contribution in [0, 0.1) is 6.07 Å². The highest BCUT2D eigenvalue weighted by molar-refractivity contribution is 5.93. The van der Waals surface area contributed by atoms with Crippen molar-refractivity contribution in [1.29, 1.82) is 0 Å². The molecular formula is C22H26N3O3. The van der Waals surface area contributed by atoms with Crippen molar-refractivity contribution >= 4 is 17.7 Å². The van der Waals surface area contributed by atoms with Crippen LogP contribution in [0.2, 0.25) is 0 Å². The van der Waals surface area contributed by atoms with Gasteiger partial charge in [0.1, 0.15) is 6.10 Å². The van der Waals surface area contributed by atoms with Crippen LogP contribution in [0.1, 0.15) is 23.2 Å². The van der Waals surface area contributed by atoms with Gasteiger partial charge in [0.05, 0.1) is 0 Å². The molecule has 1 saturated heterocycles. The second-order valence-corrected chi connectivity index (χ2v) is 6.96. The summed E-state index contributed by atoms with van der Waals surface area (Å²) < 4.78 is 5.52. The topological polar surface area (TPSA) is 61.9 Å². The Morgan fingerprint density at radius 3 is 2.61 bits per heavy atom. The summed E-state index contributed by atoms with van der Waals surface area (Å²) in [5.74, 6) is 0.00709. The summed E-state index contributed by atoms with van der Waals surface area (Å²) in [4.78, 5) is 28.4. The molecule has 1 heterocycles. The molecule has 2 aromatic rings. The number of anilines is 1. The Morgan fingerprint density at radius 1 is 1.18 bits per heavy atom. The number of nitrogens with zero attached hydrogens (tertiary/aromatic N) is 2. The number of hydrogen-bond donors (Lipinski definition) is 1. The Balaban J connectivity index is 1.36. The number of benzene rings is 2. The maximum Gasteiger partial charge on any atom is 0.411 e. The van der Waals surface area contributed by atoms with Gasteiger partial charge in [-0.25, -0.2) is 4.79 Å². The lowest BCUT2D eigenvalue weighted by Gasteiger charge is -2.32. The second kappa shape index (κ2) is 9.90. The van der Waals surface area contributed by atoms with Gasteiger partial charge in [-0.2, -0.15) is 0 Å². The Morgan fingerprint density at radius 2 is 1.93 bits per heavy atom. The smallest absolute Gasteiger partial charge is 0.411 e. The van der Waals surface area contributed by atoms with Crippen molar-refractivity contribution < 1.29 is 14.3 Å². The zero-order valence-corrected chi connectivity index (χ0v) is 16.1. The minimum atomic E-state index is -0.408. The zero-order chi connectivity index (χ0) is 19.8. The third-order valence-corrected chi connectivity index (χ3v) is 4.88. The lowest BCUT2D eigenvalue weighted by atomic mass is 10.1. The molecule has 3 rings (SSSR count). The standard InChI is InChI=1S/C22H26N3O3/c1-24(21(26)18-8-4-2-5-9-18)16-17-25-14-12-20(13-15-25)28-22(27)23-19-10-6-3-7-11-19/h2-4,6-11,20H,12-17H2,1H3,(H,23,27). The Bertz CT molecular complexity index is 759. The van der Waals surface area contributed by atoms with Crippen molar-refractivity contribution in [1.82, 2.24) is 9.80 Å². The molecule has 2 amide bonds. The molecule has 0 saturated carbocycles. The van der Waals surface area contributed by atoms with Gasteiger partial charge < -0.3 is 14.5 Å². The van der Waals surface area contributed by atoms with Crippen LogP contribution in [0.4, 0.5) is 10.5 Å². The summed E-state index contributed by atoms with van der Waals surface area (Å²) in [6.07, 6.45) is 1.12. The molecule has 1 aliphatic heterocycles. The maximum atomic E-state index is 12.4. The highest BCUT2D eigenvalue weighted by atomic mass is 16.6. The van der Waals surface area contributed by atoms with E-state index in [-0.39, 0.29) is 12.0 Å². The number of para-hydroxylation sites is 1. The fourth-order valence-electron chi connectivity index (χ4n) is 3.21. The Labute approximate surface area is 166 Å². The van der Waals surface area contributed by atoms with Gasteiger partial charge in [0.15, 0.2) is 0 Å². The van der Waals surface area contributed by atoms with Gasteiger partial charge in [0.2, 0.25) is 0 Å². The minimum absolute atomic E-state index is 0.00709. The van der Waals surface area contributed by atoms with E-state index in [1.165, 1.54) is 0 Å². The number of likely N-dealkylation sites (N-methyl/N-ethyl adjacent to an activating group) is 1. The number of rotatable bonds is 6. The minimum Gasteiger partial charge on any atom is -0.446 e. The van der Waals surface area contributed by atoms with Crippen LogP contribution in [0.15, 0.2) is 54.6 Å². The highest BCUT2D eigenvalue weighted by Crippen LogP contribution is 2.15. The molecule has 6 heteroatoms. The molecule has 1 fully saturated rings. The van der Waals surface area contributed by atoms with E-state index in [0.717, 1.165) is 38.2 Å². The predicted octanol–water partition coefficient (Wildman–Crippen LogP) is 3.27. The largest absolute Gasteiger partial charge is 0.446 e. The van der Waals surface area contributed by atoms with Crippen LogP contribution >= 0.6 is 0 Å². The molecule has 1 aliphatic rings. The van der Waals surface area contributed by atoms with Crippen LogP contribution < -0.4 is 5.32 Å². The monoisotopic (exact) mass is 380 g/mol. The van der Waals surface area contributed by atoms with Gasteiger partial charge in [-0.1, -0.05) is 30.3 Å². The number of ether oxygens (including phenoxy) is 1. The molecule has 6 nitrogen and oxygen atoms in total. The van der Waals surface area contributed by atoms with E-state index in [9.17, 15) is 9.59 Å². The van der Waals surface area contributed by atoms with Crippen LogP contribution in [0.5, 0.6) is 0 Å². The van der Waals surface area contributed by atoms with E-state index in [4.69, 9.17) is 4.74 Å². The van der Waals surface area contributed by atoms with Crippen LogP contribution in [-0.2, 0) is 4.74 Å². The second-order valence-electron chi connectivity index (χ2n) is 6.96. The Hall–Kier alpha value is -2.86. The van der Waals surface area contributed by atoms with Gasteiger partial charge in [0.25, 0.3) is 5.91 Å². The lowest BCUT2D eigenvalue weighted by Crippen LogP contribution is -2.42. The quantitative estimate of drug-likeness (QED) is 0.836. The van der Waals surface area contributed by atoms with Gasteiger partial charge in [-0.15, -0.1) is 0 Å². The number of amides is 2. The molecule has 147 valence electrons. The molecule has 0 aliphatic carbocycles. The summed E-state index contributed by atoms with van der Waals surface area (Å²) in [5, 5.41) is 2.75. The normalized spacial score (nSPS) is 15.0. The number of carbonyl (C=O) groups excluding carboxylic acids is 2. The SMILES string of the molecule is CN(CCN1CCC(OC(=O)Nc2ccccc2)CC1)C(=O)c1c[c]ccc1. The predicted molar refractivity (Wildman–Crippen MR) is 108 cm³/mol. The number of hydrogen-bond acceptors (Lipinski definition) is 4. The summed E-state index contributed by atoms with van der Waals surface area (Å²) in [5.41, 5.74) is 1.38. The summed E-state index contributed by atoms with van der Waals surface area (Å²) >= 11 is 0. The lowest BCUT2D eigenvalue weighted by molar-refractivity contribution is 0.0540. The molecule has 1 N–H and O–H groups in total. The van der Waals surface area contributed by atoms with E-state index in [0.29, 0.717) is 12.1 Å². The third-order valence-electron chi connectivity index (χ3n) is 4.88. The molecule has 1 radical (unpaired) electrons. The summed E-state index contributed by atoms with van der Waals surface area (Å²) in [7, 11) is 1.82. The number of nitrogens with one attached hydrogen (secondary N) is 1. The fourth-order valence-corrected chi connectivity index (χ4v) is 3.21. The first-order valence-electron chi connectivity index (χ1n) is 9.58. The molecule has 0 atom stereocenters. The van der Waals surface area contributed by atoms with Gasteiger partial charge in [-0.05, 0) is 43.2 Å². The molecular weight excluding hydrogens is 354 g/mol.